The van der Waals surface area contributed by atoms with E-state index < -0.39 is 12.3 Å². The molecule has 0 N–H and O–H groups in total. The molecule has 1 rings (SSSR count). The SMILES string of the molecule is CCC1CC(F)CC(F)C1. The second-order valence-electron chi connectivity index (χ2n) is 3.18. The Morgan fingerprint density at radius 2 is 1.60 bits per heavy atom. The third-order valence-corrected chi connectivity index (χ3v) is 2.27. The molecule has 0 spiro atoms. The summed E-state index contributed by atoms with van der Waals surface area (Å²) in [7, 11) is 0. The van der Waals surface area contributed by atoms with Gasteiger partial charge in [-0.05, 0) is 18.8 Å². The van der Waals surface area contributed by atoms with E-state index in [2.05, 4.69) is 0 Å². The molecule has 10 heavy (non-hydrogen) atoms. The van der Waals surface area contributed by atoms with Gasteiger partial charge in [-0.25, -0.2) is 8.78 Å². The molecule has 2 heteroatoms. The molecule has 1 aliphatic carbocycles. The molecule has 0 amide bonds. The summed E-state index contributed by atoms with van der Waals surface area (Å²) in [4.78, 5) is 0. The number of alkyl halides is 2. The summed E-state index contributed by atoms with van der Waals surface area (Å²) in [5.74, 6) is 0.291. The Labute approximate surface area is 60.6 Å². The largest absolute Gasteiger partial charge is 0.247 e. The van der Waals surface area contributed by atoms with Gasteiger partial charge in [0.05, 0.1) is 0 Å². The van der Waals surface area contributed by atoms with Crippen LogP contribution in [-0.4, -0.2) is 12.3 Å². The van der Waals surface area contributed by atoms with Crippen molar-refractivity contribution in [3.8, 4) is 0 Å². The lowest BCUT2D eigenvalue weighted by Crippen LogP contribution is -2.24. The average Bonchev–Trinajstić information content (AvgIpc) is 1.85. The zero-order valence-electron chi connectivity index (χ0n) is 6.32. The highest BCUT2D eigenvalue weighted by atomic mass is 19.1. The Hall–Kier alpha value is -0.140. The van der Waals surface area contributed by atoms with E-state index in [1.54, 1.807) is 0 Å². The monoisotopic (exact) mass is 148 g/mol. The van der Waals surface area contributed by atoms with E-state index in [1.807, 2.05) is 6.92 Å². The maximum Gasteiger partial charge on any atom is 0.103 e. The molecule has 2 atom stereocenters. The molecule has 0 aromatic rings. The first kappa shape index (κ1) is 7.96. The Morgan fingerprint density at radius 3 is 2.00 bits per heavy atom. The topological polar surface area (TPSA) is 0 Å². The maximum absolute atomic E-state index is 12.6. The standard InChI is InChI=1S/C8H14F2/c1-2-6-3-7(9)5-8(10)4-6/h6-8H,2-5H2,1H3. The first-order valence-electron chi connectivity index (χ1n) is 4.00. The minimum atomic E-state index is -0.881. The molecule has 0 saturated heterocycles. The smallest absolute Gasteiger partial charge is 0.103 e. The highest BCUT2D eigenvalue weighted by Gasteiger charge is 2.27. The fourth-order valence-corrected chi connectivity index (χ4v) is 1.62. The van der Waals surface area contributed by atoms with Crippen LogP contribution < -0.4 is 0 Å². The summed E-state index contributed by atoms with van der Waals surface area (Å²) in [6.07, 6.45) is 0.452. The number of halogens is 2. The van der Waals surface area contributed by atoms with E-state index in [0.29, 0.717) is 18.8 Å². The zero-order chi connectivity index (χ0) is 7.56. The van der Waals surface area contributed by atoms with Crippen LogP contribution in [0.3, 0.4) is 0 Å². The van der Waals surface area contributed by atoms with E-state index >= 15 is 0 Å². The molecule has 0 aromatic carbocycles. The third-order valence-electron chi connectivity index (χ3n) is 2.27. The molecular weight excluding hydrogens is 134 g/mol. The van der Waals surface area contributed by atoms with Gasteiger partial charge in [-0.1, -0.05) is 13.3 Å². The highest BCUT2D eigenvalue weighted by molar-refractivity contribution is 4.77. The maximum atomic E-state index is 12.6. The normalized spacial score (nSPS) is 41.7. The van der Waals surface area contributed by atoms with Crippen molar-refractivity contribution < 1.29 is 8.78 Å². The van der Waals surface area contributed by atoms with E-state index in [1.165, 1.54) is 0 Å². The third kappa shape index (κ3) is 1.93. The average molecular weight is 148 g/mol. The van der Waals surface area contributed by atoms with Gasteiger partial charge in [0.2, 0.25) is 0 Å². The van der Waals surface area contributed by atoms with Crippen molar-refractivity contribution in [2.75, 3.05) is 0 Å². The van der Waals surface area contributed by atoms with Crippen LogP contribution >= 0.6 is 0 Å². The molecule has 0 heterocycles. The zero-order valence-corrected chi connectivity index (χ0v) is 6.32. The van der Waals surface area contributed by atoms with Crippen LogP contribution in [0.4, 0.5) is 8.78 Å². The summed E-state index contributed by atoms with van der Waals surface area (Å²) in [5.41, 5.74) is 0. The summed E-state index contributed by atoms with van der Waals surface area (Å²) in [6.45, 7) is 2.00. The molecule has 0 nitrogen and oxygen atoms in total. The van der Waals surface area contributed by atoms with Crippen LogP contribution in [0, 0.1) is 5.92 Å². The minimum absolute atomic E-state index is 0.135. The molecular formula is C8H14F2. The van der Waals surface area contributed by atoms with Gasteiger partial charge >= 0.3 is 0 Å². The minimum Gasteiger partial charge on any atom is -0.247 e. The lowest BCUT2D eigenvalue weighted by molar-refractivity contribution is 0.114. The van der Waals surface area contributed by atoms with Crippen LogP contribution in [0.25, 0.3) is 0 Å². The van der Waals surface area contributed by atoms with Gasteiger partial charge in [-0.2, -0.15) is 0 Å². The van der Waals surface area contributed by atoms with Gasteiger partial charge in [0, 0.05) is 6.42 Å². The fourth-order valence-electron chi connectivity index (χ4n) is 1.62. The number of hydrogen-bond donors (Lipinski definition) is 0. The van der Waals surface area contributed by atoms with Crippen molar-refractivity contribution in [3.63, 3.8) is 0 Å². The number of rotatable bonds is 1. The molecule has 0 bridgehead atoms. The van der Waals surface area contributed by atoms with E-state index in [4.69, 9.17) is 0 Å². The van der Waals surface area contributed by atoms with Crippen LogP contribution in [0.5, 0.6) is 0 Å². The van der Waals surface area contributed by atoms with Crippen LogP contribution in [0.1, 0.15) is 32.6 Å². The molecule has 1 aliphatic rings. The van der Waals surface area contributed by atoms with Crippen molar-refractivity contribution in [1.82, 2.24) is 0 Å². The molecule has 0 aliphatic heterocycles. The van der Waals surface area contributed by atoms with Crippen molar-refractivity contribution in [1.29, 1.82) is 0 Å². The van der Waals surface area contributed by atoms with Gasteiger partial charge in [0.1, 0.15) is 12.3 Å². The Kier molecular flexibility index (Phi) is 2.64. The van der Waals surface area contributed by atoms with Gasteiger partial charge in [-0.3, -0.25) is 0 Å². The molecule has 0 radical (unpaired) electrons. The van der Waals surface area contributed by atoms with Gasteiger partial charge < -0.3 is 0 Å². The van der Waals surface area contributed by atoms with Crippen LogP contribution in [-0.2, 0) is 0 Å². The Morgan fingerprint density at radius 1 is 1.10 bits per heavy atom. The summed E-state index contributed by atoms with van der Waals surface area (Å²) in [6, 6.07) is 0. The summed E-state index contributed by atoms with van der Waals surface area (Å²) >= 11 is 0. The van der Waals surface area contributed by atoms with Gasteiger partial charge in [-0.15, -0.1) is 0 Å². The predicted molar refractivity (Wildman–Crippen MR) is 37.4 cm³/mol. The second-order valence-corrected chi connectivity index (χ2v) is 3.18. The summed E-state index contributed by atoms with van der Waals surface area (Å²) < 4.78 is 25.3. The first-order chi connectivity index (χ1) is 4.72. The summed E-state index contributed by atoms with van der Waals surface area (Å²) in [5, 5.41) is 0. The van der Waals surface area contributed by atoms with Gasteiger partial charge in [0.15, 0.2) is 0 Å². The van der Waals surface area contributed by atoms with Crippen molar-refractivity contribution in [3.05, 3.63) is 0 Å². The van der Waals surface area contributed by atoms with E-state index in [-0.39, 0.29) is 6.42 Å². The molecule has 0 aromatic heterocycles. The van der Waals surface area contributed by atoms with Crippen molar-refractivity contribution in [2.45, 2.75) is 45.0 Å². The first-order valence-corrected chi connectivity index (χ1v) is 4.00. The van der Waals surface area contributed by atoms with Crippen molar-refractivity contribution in [2.24, 2.45) is 5.92 Å². The van der Waals surface area contributed by atoms with E-state index in [9.17, 15) is 8.78 Å². The molecule has 1 saturated carbocycles. The van der Waals surface area contributed by atoms with Crippen LogP contribution in [0.15, 0.2) is 0 Å². The van der Waals surface area contributed by atoms with E-state index in [0.717, 1.165) is 6.42 Å². The number of hydrogen-bond acceptors (Lipinski definition) is 0. The molecule has 1 fully saturated rings. The quantitative estimate of drug-likeness (QED) is 0.536. The predicted octanol–water partition coefficient (Wildman–Crippen LogP) is 2.87. The Balaban J connectivity index is 2.35. The lowest BCUT2D eigenvalue weighted by Gasteiger charge is -2.25. The molecule has 2 unspecified atom stereocenters. The molecule has 60 valence electrons. The Bertz CT molecular complexity index is 93.4. The highest BCUT2D eigenvalue weighted by Crippen LogP contribution is 2.30. The fraction of sp³-hybridized carbons (Fsp3) is 1.00. The van der Waals surface area contributed by atoms with Crippen LogP contribution in [0.2, 0.25) is 0 Å². The van der Waals surface area contributed by atoms with Crippen molar-refractivity contribution >= 4 is 0 Å². The van der Waals surface area contributed by atoms with Gasteiger partial charge in [0.25, 0.3) is 0 Å². The lowest BCUT2D eigenvalue weighted by atomic mass is 9.85. The second kappa shape index (κ2) is 3.31.